The predicted octanol–water partition coefficient (Wildman–Crippen LogP) is 0.804. The molecule has 1 rings (SSSR count). The maximum atomic E-state index is 11.0. The molecule has 6 nitrogen and oxygen atoms in total. The summed E-state index contributed by atoms with van der Waals surface area (Å²) in [7, 11) is 3.40. The molecule has 86 valence electrons. The molecular formula is C10H13N3O3. The third kappa shape index (κ3) is 2.69. The summed E-state index contributed by atoms with van der Waals surface area (Å²) in [6, 6.07) is 1.38. The van der Waals surface area contributed by atoms with Crippen molar-refractivity contribution < 1.29 is 14.7 Å². The second kappa shape index (κ2) is 4.61. The Morgan fingerprint density at radius 2 is 2.06 bits per heavy atom. The highest BCUT2D eigenvalue weighted by molar-refractivity contribution is 5.96. The highest BCUT2D eigenvalue weighted by Gasteiger charge is 2.14. The van der Waals surface area contributed by atoms with Crippen LogP contribution in [0.5, 0.6) is 0 Å². The fraction of sp³-hybridized carbons (Fsp3) is 0.300. The molecule has 1 amide bonds. The first-order valence-corrected chi connectivity index (χ1v) is 4.60. The molecule has 16 heavy (non-hydrogen) atoms. The van der Waals surface area contributed by atoms with E-state index in [-0.39, 0.29) is 11.5 Å². The standard InChI is InChI=1S/C10H13N3O3/c1-6(14)12-7-4-8(10(15)16)9(11-5-7)13(2)3/h4-5H,1-3H3,(H,12,14)(H,15,16). The molecule has 0 aliphatic rings. The van der Waals surface area contributed by atoms with Crippen LogP contribution in [0.3, 0.4) is 0 Å². The minimum atomic E-state index is -1.08. The van der Waals surface area contributed by atoms with Crippen LogP contribution in [0.1, 0.15) is 17.3 Å². The monoisotopic (exact) mass is 223 g/mol. The van der Waals surface area contributed by atoms with Crippen LogP contribution >= 0.6 is 0 Å². The Kier molecular flexibility index (Phi) is 3.44. The van der Waals surface area contributed by atoms with Crippen molar-refractivity contribution in [3.63, 3.8) is 0 Å². The topological polar surface area (TPSA) is 82.5 Å². The highest BCUT2D eigenvalue weighted by Crippen LogP contribution is 2.19. The van der Waals surface area contributed by atoms with Gasteiger partial charge in [0.15, 0.2) is 0 Å². The van der Waals surface area contributed by atoms with Crippen LogP contribution in [0.15, 0.2) is 12.3 Å². The Morgan fingerprint density at radius 1 is 1.44 bits per heavy atom. The van der Waals surface area contributed by atoms with Gasteiger partial charge in [-0.2, -0.15) is 0 Å². The predicted molar refractivity (Wildman–Crippen MR) is 59.8 cm³/mol. The summed E-state index contributed by atoms with van der Waals surface area (Å²) >= 11 is 0. The average Bonchev–Trinajstić information content (AvgIpc) is 2.16. The average molecular weight is 223 g/mol. The number of pyridine rings is 1. The van der Waals surface area contributed by atoms with E-state index < -0.39 is 5.97 Å². The van der Waals surface area contributed by atoms with E-state index in [4.69, 9.17) is 5.11 Å². The van der Waals surface area contributed by atoms with Crippen LogP contribution in [-0.2, 0) is 4.79 Å². The number of amides is 1. The van der Waals surface area contributed by atoms with E-state index in [1.165, 1.54) is 19.2 Å². The van der Waals surface area contributed by atoms with E-state index in [0.717, 1.165) is 0 Å². The van der Waals surface area contributed by atoms with Crippen molar-refractivity contribution in [3.8, 4) is 0 Å². The van der Waals surface area contributed by atoms with Gasteiger partial charge in [-0.1, -0.05) is 0 Å². The molecule has 0 aromatic carbocycles. The summed E-state index contributed by atoms with van der Waals surface area (Å²) in [5.41, 5.74) is 0.423. The van der Waals surface area contributed by atoms with Gasteiger partial charge in [-0.05, 0) is 6.07 Å². The quantitative estimate of drug-likeness (QED) is 0.792. The molecular weight excluding hydrogens is 210 g/mol. The number of hydrogen-bond acceptors (Lipinski definition) is 4. The van der Waals surface area contributed by atoms with Crippen LogP contribution < -0.4 is 10.2 Å². The van der Waals surface area contributed by atoms with Gasteiger partial charge < -0.3 is 15.3 Å². The van der Waals surface area contributed by atoms with Crippen molar-refractivity contribution >= 4 is 23.4 Å². The summed E-state index contributed by atoms with van der Waals surface area (Å²) < 4.78 is 0. The van der Waals surface area contributed by atoms with Gasteiger partial charge in [0.1, 0.15) is 11.4 Å². The number of aromatic nitrogens is 1. The van der Waals surface area contributed by atoms with Gasteiger partial charge in [0.05, 0.1) is 11.9 Å². The second-order valence-electron chi connectivity index (χ2n) is 3.48. The number of nitrogens with one attached hydrogen (secondary N) is 1. The fourth-order valence-electron chi connectivity index (χ4n) is 1.24. The molecule has 0 spiro atoms. The fourth-order valence-corrected chi connectivity index (χ4v) is 1.24. The lowest BCUT2D eigenvalue weighted by atomic mass is 10.2. The number of aromatic carboxylic acids is 1. The van der Waals surface area contributed by atoms with E-state index >= 15 is 0 Å². The maximum Gasteiger partial charge on any atom is 0.339 e. The van der Waals surface area contributed by atoms with Gasteiger partial charge in [-0.25, -0.2) is 9.78 Å². The largest absolute Gasteiger partial charge is 0.478 e. The molecule has 1 heterocycles. The maximum absolute atomic E-state index is 11.0. The Bertz CT molecular complexity index is 429. The third-order valence-corrected chi connectivity index (χ3v) is 1.84. The second-order valence-corrected chi connectivity index (χ2v) is 3.48. The minimum Gasteiger partial charge on any atom is -0.478 e. The number of anilines is 2. The lowest BCUT2D eigenvalue weighted by molar-refractivity contribution is -0.114. The van der Waals surface area contributed by atoms with Gasteiger partial charge in [-0.3, -0.25) is 4.79 Å². The first-order valence-electron chi connectivity index (χ1n) is 4.60. The van der Waals surface area contributed by atoms with Crippen molar-refractivity contribution in [3.05, 3.63) is 17.8 Å². The zero-order valence-electron chi connectivity index (χ0n) is 9.31. The molecule has 0 aliphatic heterocycles. The van der Waals surface area contributed by atoms with E-state index in [1.54, 1.807) is 19.0 Å². The van der Waals surface area contributed by atoms with Crippen molar-refractivity contribution in [2.75, 3.05) is 24.3 Å². The first kappa shape index (κ1) is 12.0. The molecule has 1 aromatic heterocycles. The van der Waals surface area contributed by atoms with Crippen molar-refractivity contribution in [2.24, 2.45) is 0 Å². The molecule has 6 heteroatoms. The summed E-state index contributed by atoms with van der Waals surface area (Å²) in [6.07, 6.45) is 1.42. The zero-order valence-corrected chi connectivity index (χ0v) is 9.31. The molecule has 0 saturated heterocycles. The summed E-state index contributed by atoms with van der Waals surface area (Å²) in [6.45, 7) is 1.35. The van der Waals surface area contributed by atoms with Crippen molar-refractivity contribution in [2.45, 2.75) is 6.92 Å². The number of carboxylic acid groups (broad SMARTS) is 1. The Balaban J connectivity index is 3.17. The molecule has 0 unspecified atom stereocenters. The van der Waals surface area contributed by atoms with E-state index in [9.17, 15) is 9.59 Å². The molecule has 0 atom stereocenters. The van der Waals surface area contributed by atoms with Crippen molar-refractivity contribution in [1.29, 1.82) is 0 Å². The van der Waals surface area contributed by atoms with Gasteiger partial charge in [0, 0.05) is 21.0 Å². The van der Waals surface area contributed by atoms with E-state index in [0.29, 0.717) is 11.5 Å². The van der Waals surface area contributed by atoms with Crippen LogP contribution in [0.2, 0.25) is 0 Å². The Labute approximate surface area is 92.9 Å². The van der Waals surface area contributed by atoms with Gasteiger partial charge in [0.25, 0.3) is 0 Å². The van der Waals surface area contributed by atoms with Gasteiger partial charge in [0.2, 0.25) is 5.91 Å². The number of carbonyl (C=O) groups excluding carboxylic acids is 1. The summed E-state index contributed by atoms with van der Waals surface area (Å²) in [4.78, 5) is 27.4. The minimum absolute atomic E-state index is 0.0521. The molecule has 0 saturated carbocycles. The summed E-state index contributed by atoms with van der Waals surface area (Å²) in [5.74, 6) is -0.999. The molecule has 0 aliphatic carbocycles. The SMILES string of the molecule is CC(=O)Nc1cnc(N(C)C)c(C(=O)O)c1. The number of rotatable bonds is 3. The Hall–Kier alpha value is -2.11. The smallest absolute Gasteiger partial charge is 0.339 e. The lowest BCUT2D eigenvalue weighted by Crippen LogP contribution is -2.16. The number of carboxylic acids is 1. The molecule has 0 fully saturated rings. The summed E-state index contributed by atoms with van der Waals surface area (Å²) in [5, 5.41) is 11.5. The molecule has 2 N–H and O–H groups in total. The number of nitrogens with zero attached hydrogens (tertiary/aromatic N) is 2. The molecule has 0 radical (unpaired) electrons. The van der Waals surface area contributed by atoms with Crippen molar-refractivity contribution in [1.82, 2.24) is 4.98 Å². The number of hydrogen-bond donors (Lipinski definition) is 2. The van der Waals surface area contributed by atoms with E-state index in [2.05, 4.69) is 10.3 Å². The van der Waals surface area contributed by atoms with Gasteiger partial charge >= 0.3 is 5.97 Å². The Morgan fingerprint density at radius 3 is 2.50 bits per heavy atom. The van der Waals surface area contributed by atoms with Gasteiger partial charge in [-0.15, -0.1) is 0 Å². The van der Waals surface area contributed by atoms with Crippen LogP contribution in [0.4, 0.5) is 11.5 Å². The zero-order chi connectivity index (χ0) is 12.3. The third-order valence-electron chi connectivity index (χ3n) is 1.84. The lowest BCUT2D eigenvalue weighted by Gasteiger charge is -2.14. The van der Waals surface area contributed by atoms with Crippen LogP contribution in [0.25, 0.3) is 0 Å². The molecule has 1 aromatic rings. The van der Waals surface area contributed by atoms with E-state index in [1.807, 2.05) is 0 Å². The highest BCUT2D eigenvalue weighted by atomic mass is 16.4. The normalized spacial score (nSPS) is 9.69. The molecule has 0 bridgehead atoms. The first-order chi connectivity index (χ1) is 7.41. The van der Waals surface area contributed by atoms with Crippen LogP contribution in [-0.4, -0.2) is 36.1 Å². The van der Waals surface area contributed by atoms with Crippen LogP contribution in [0, 0.1) is 0 Å². The number of carbonyl (C=O) groups is 2.